The van der Waals surface area contributed by atoms with E-state index in [1.807, 2.05) is 56.3 Å². The van der Waals surface area contributed by atoms with Gasteiger partial charge in [-0.25, -0.2) is 0 Å². The molecule has 0 bridgehead atoms. The Kier molecular flexibility index (Phi) is 8.71. The first-order valence-electron chi connectivity index (χ1n) is 10.3. The SMILES string of the molecule is Cc1cccc(OCC(=O)NCCNC(=O)C(C)Oc2ccccc2C(C)C)c1C. The molecule has 0 spiro atoms. The fourth-order valence-electron chi connectivity index (χ4n) is 2.92. The van der Waals surface area contributed by atoms with E-state index in [9.17, 15) is 9.59 Å². The molecule has 162 valence electrons. The van der Waals surface area contributed by atoms with E-state index in [2.05, 4.69) is 24.5 Å². The van der Waals surface area contributed by atoms with Crippen molar-refractivity contribution >= 4 is 11.8 Å². The number of nitrogens with one attached hydrogen (secondary N) is 2. The number of para-hydroxylation sites is 1. The summed E-state index contributed by atoms with van der Waals surface area (Å²) in [4.78, 5) is 24.2. The van der Waals surface area contributed by atoms with Crippen LogP contribution in [0.15, 0.2) is 42.5 Å². The van der Waals surface area contributed by atoms with Gasteiger partial charge in [0.25, 0.3) is 11.8 Å². The van der Waals surface area contributed by atoms with Crippen LogP contribution in [0.2, 0.25) is 0 Å². The van der Waals surface area contributed by atoms with Crippen molar-refractivity contribution in [1.29, 1.82) is 0 Å². The van der Waals surface area contributed by atoms with Gasteiger partial charge in [0.05, 0.1) is 0 Å². The number of amides is 2. The van der Waals surface area contributed by atoms with Gasteiger partial charge in [-0.05, 0) is 55.5 Å². The van der Waals surface area contributed by atoms with Crippen LogP contribution in [0, 0.1) is 13.8 Å². The third kappa shape index (κ3) is 6.79. The maximum atomic E-state index is 12.3. The molecule has 2 aromatic rings. The van der Waals surface area contributed by atoms with Crippen molar-refractivity contribution in [3.05, 3.63) is 59.2 Å². The first kappa shape index (κ1) is 23.3. The number of carbonyl (C=O) groups excluding carboxylic acids is 2. The van der Waals surface area contributed by atoms with Crippen LogP contribution in [0.4, 0.5) is 0 Å². The smallest absolute Gasteiger partial charge is 0.260 e. The van der Waals surface area contributed by atoms with Gasteiger partial charge in [-0.15, -0.1) is 0 Å². The summed E-state index contributed by atoms with van der Waals surface area (Å²) >= 11 is 0. The zero-order chi connectivity index (χ0) is 22.1. The molecule has 6 heteroatoms. The Morgan fingerprint density at radius 3 is 2.30 bits per heavy atom. The van der Waals surface area contributed by atoms with E-state index in [0.717, 1.165) is 16.7 Å². The first-order valence-corrected chi connectivity index (χ1v) is 10.3. The monoisotopic (exact) mass is 412 g/mol. The minimum absolute atomic E-state index is 0.0657. The molecule has 2 N–H and O–H groups in total. The van der Waals surface area contributed by atoms with E-state index < -0.39 is 6.10 Å². The fraction of sp³-hybridized carbons (Fsp3) is 0.417. The van der Waals surface area contributed by atoms with Crippen LogP contribution in [0.3, 0.4) is 0 Å². The predicted octanol–water partition coefficient (Wildman–Crippen LogP) is 3.51. The molecule has 6 nitrogen and oxygen atoms in total. The van der Waals surface area contributed by atoms with Crippen molar-refractivity contribution in [1.82, 2.24) is 10.6 Å². The van der Waals surface area contributed by atoms with Gasteiger partial charge in [0.2, 0.25) is 0 Å². The molecule has 0 saturated heterocycles. The Morgan fingerprint density at radius 1 is 0.900 bits per heavy atom. The average molecular weight is 413 g/mol. The second-order valence-electron chi connectivity index (χ2n) is 7.58. The van der Waals surface area contributed by atoms with Gasteiger partial charge in [-0.2, -0.15) is 0 Å². The number of hydrogen-bond acceptors (Lipinski definition) is 4. The van der Waals surface area contributed by atoms with E-state index in [4.69, 9.17) is 9.47 Å². The Labute approximate surface area is 179 Å². The number of rotatable bonds is 10. The molecular weight excluding hydrogens is 380 g/mol. The molecule has 0 radical (unpaired) electrons. The van der Waals surface area contributed by atoms with E-state index >= 15 is 0 Å². The van der Waals surface area contributed by atoms with Gasteiger partial charge in [0.15, 0.2) is 12.7 Å². The summed E-state index contributed by atoms with van der Waals surface area (Å²) < 4.78 is 11.4. The lowest BCUT2D eigenvalue weighted by Crippen LogP contribution is -2.41. The van der Waals surface area contributed by atoms with Crippen molar-refractivity contribution in [2.45, 2.75) is 46.6 Å². The maximum Gasteiger partial charge on any atom is 0.260 e. The molecule has 0 aliphatic carbocycles. The normalized spacial score (nSPS) is 11.7. The molecule has 0 fully saturated rings. The minimum atomic E-state index is -0.631. The molecule has 0 aromatic heterocycles. The summed E-state index contributed by atoms with van der Waals surface area (Å²) in [6, 6.07) is 13.5. The predicted molar refractivity (Wildman–Crippen MR) is 118 cm³/mol. The summed E-state index contributed by atoms with van der Waals surface area (Å²) in [5, 5.41) is 5.51. The van der Waals surface area contributed by atoms with Gasteiger partial charge in [-0.3, -0.25) is 9.59 Å². The molecule has 2 aromatic carbocycles. The summed E-state index contributed by atoms with van der Waals surface area (Å²) in [6.45, 7) is 10.4. The van der Waals surface area contributed by atoms with Crippen LogP contribution in [0.1, 0.15) is 43.4 Å². The molecule has 2 amide bonds. The van der Waals surface area contributed by atoms with Crippen molar-refractivity contribution in [2.24, 2.45) is 0 Å². The second kappa shape index (κ2) is 11.2. The van der Waals surface area contributed by atoms with E-state index in [0.29, 0.717) is 30.5 Å². The summed E-state index contributed by atoms with van der Waals surface area (Å²) in [5.74, 6) is 1.25. The van der Waals surface area contributed by atoms with E-state index in [1.54, 1.807) is 6.92 Å². The van der Waals surface area contributed by atoms with Crippen LogP contribution in [0.25, 0.3) is 0 Å². The van der Waals surface area contributed by atoms with Crippen LogP contribution in [0.5, 0.6) is 11.5 Å². The third-order valence-electron chi connectivity index (χ3n) is 4.87. The Hall–Kier alpha value is -3.02. The van der Waals surface area contributed by atoms with Crippen molar-refractivity contribution in [3.63, 3.8) is 0 Å². The topological polar surface area (TPSA) is 76.7 Å². The van der Waals surface area contributed by atoms with Gasteiger partial charge in [-0.1, -0.05) is 44.2 Å². The van der Waals surface area contributed by atoms with Gasteiger partial charge >= 0.3 is 0 Å². The third-order valence-corrected chi connectivity index (χ3v) is 4.87. The highest BCUT2D eigenvalue weighted by Crippen LogP contribution is 2.26. The largest absolute Gasteiger partial charge is 0.483 e. The number of ether oxygens (including phenoxy) is 2. The molecule has 30 heavy (non-hydrogen) atoms. The average Bonchev–Trinajstić information content (AvgIpc) is 2.72. The Bertz CT molecular complexity index is 864. The number of benzene rings is 2. The quantitative estimate of drug-likeness (QED) is 0.586. The second-order valence-corrected chi connectivity index (χ2v) is 7.58. The van der Waals surface area contributed by atoms with Crippen LogP contribution in [-0.4, -0.2) is 37.6 Å². The van der Waals surface area contributed by atoms with Crippen molar-refractivity contribution in [3.8, 4) is 11.5 Å². The zero-order valence-corrected chi connectivity index (χ0v) is 18.5. The Morgan fingerprint density at radius 2 is 1.57 bits per heavy atom. The molecule has 0 saturated carbocycles. The molecule has 1 atom stereocenters. The number of carbonyl (C=O) groups is 2. The highest BCUT2D eigenvalue weighted by molar-refractivity contribution is 5.81. The van der Waals surface area contributed by atoms with Crippen LogP contribution < -0.4 is 20.1 Å². The molecule has 0 aliphatic heterocycles. The summed E-state index contributed by atoms with van der Waals surface area (Å²) in [5.41, 5.74) is 3.20. The van der Waals surface area contributed by atoms with Crippen LogP contribution in [-0.2, 0) is 9.59 Å². The standard InChI is InChI=1S/C24H32N2O4/c1-16(2)20-10-6-7-11-22(20)30-19(5)24(28)26-14-13-25-23(27)15-29-21-12-8-9-17(3)18(21)4/h6-12,16,19H,13-15H2,1-5H3,(H,25,27)(H,26,28). The Balaban J connectivity index is 1.70. The lowest BCUT2D eigenvalue weighted by atomic mass is 10.0. The lowest BCUT2D eigenvalue weighted by molar-refractivity contribution is -0.127. The molecular formula is C24H32N2O4. The lowest BCUT2D eigenvalue weighted by Gasteiger charge is -2.18. The van der Waals surface area contributed by atoms with E-state index in [1.165, 1.54) is 0 Å². The zero-order valence-electron chi connectivity index (χ0n) is 18.5. The number of hydrogen-bond donors (Lipinski definition) is 2. The first-order chi connectivity index (χ1) is 14.3. The molecule has 1 unspecified atom stereocenters. The molecule has 2 rings (SSSR count). The highest BCUT2D eigenvalue weighted by Gasteiger charge is 2.17. The molecule has 0 heterocycles. The van der Waals surface area contributed by atoms with Crippen LogP contribution >= 0.6 is 0 Å². The van der Waals surface area contributed by atoms with Gasteiger partial charge in [0.1, 0.15) is 11.5 Å². The fourth-order valence-corrected chi connectivity index (χ4v) is 2.92. The minimum Gasteiger partial charge on any atom is -0.483 e. The van der Waals surface area contributed by atoms with Crippen molar-refractivity contribution < 1.29 is 19.1 Å². The molecule has 0 aliphatic rings. The summed E-state index contributed by atoms with van der Waals surface area (Å²) in [7, 11) is 0. The highest BCUT2D eigenvalue weighted by atomic mass is 16.5. The van der Waals surface area contributed by atoms with Crippen molar-refractivity contribution in [2.75, 3.05) is 19.7 Å². The van der Waals surface area contributed by atoms with Gasteiger partial charge in [0, 0.05) is 13.1 Å². The maximum absolute atomic E-state index is 12.3. The summed E-state index contributed by atoms with van der Waals surface area (Å²) in [6.07, 6.45) is -0.631. The van der Waals surface area contributed by atoms with Gasteiger partial charge < -0.3 is 20.1 Å². The van der Waals surface area contributed by atoms with E-state index in [-0.39, 0.29) is 18.4 Å². The number of aryl methyl sites for hydroxylation is 1.